The van der Waals surface area contributed by atoms with Gasteiger partial charge in [-0.1, -0.05) is 24.3 Å². The number of hydrogen-bond donors (Lipinski definition) is 1. The zero-order valence-electron chi connectivity index (χ0n) is 14.0. The van der Waals surface area contributed by atoms with Gasteiger partial charge in [0.2, 0.25) is 5.91 Å². The third-order valence-electron chi connectivity index (χ3n) is 5.29. The van der Waals surface area contributed by atoms with Crippen molar-refractivity contribution in [1.29, 1.82) is 0 Å². The van der Waals surface area contributed by atoms with Crippen molar-refractivity contribution in [1.82, 2.24) is 10.2 Å². The molecule has 4 rings (SSSR count). The van der Waals surface area contributed by atoms with Gasteiger partial charge in [-0.15, -0.1) is 11.3 Å². The van der Waals surface area contributed by atoms with Gasteiger partial charge in [0.25, 0.3) is 0 Å². The number of hydrogen-bond acceptors (Lipinski definition) is 3. The Morgan fingerprint density at radius 2 is 2.12 bits per heavy atom. The van der Waals surface area contributed by atoms with Gasteiger partial charge >= 0.3 is 0 Å². The molecule has 1 aliphatic carbocycles. The molecular weight excluding hydrogens is 316 g/mol. The fourth-order valence-corrected chi connectivity index (χ4v) is 4.89. The molecular formula is C20H24N2OS. The molecule has 1 atom stereocenters. The summed E-state index contributed by atoms with van der Waals surface area (Å²) in [7, 11) is 0. The topological polar surface area (TPSA) is 32.3 Å². The Balaban J connectivity index is 1.30. The van der Waals surface area contributed by atoms with E-state index in [1.807, 2.05) is 11.3 Å². The van der Waals surface area contributed by atoms with Crippen LogP contribution in [0, 0.1) is 0 Å². The zero-order valence-corrected chi connectivity index (χ0v) is 14.8. The number of carbonyl (C=O) groups excluding carboxylic acids is 1. The quantitative estimate of drug-likeness (QED) is 0.926. The normalized spacial score (nSPS) is 20.2. The molecule has 1 amide bonds. The Kier molecular flexibility index (Phi) is 4.67. The van der Waals surface area contributed by atoms with E-state index in [0.717, 1.165) is 26.1 Å². The minimum atomic E-state index is 0.164. The summed E-state index contributed by atoms with van der Waals surface area (Å²) in [6, 6.07) is 10.9. The maximum atomic E-state index is 12.4. The summed E-state index contributed by atoms with van der Waals surface area (Å²) >= 11 is 1.84. The van der Waals surface area contributed by atoms with Crippen LogP contribution in [0.2, 0.25) is 0 Å². The predicted octanol–water partition coefficient (Wildman–Crippen LogP) is 3.34. The first-order chi connectivity index (χ1) is 11.8. The molecule has 24 heavy (non-hydrogen) atoms. The van der Waals surface area contributed by atoms with Crippen molar-refractivity contribution in [2.24, 2.45) is 0 Å². The summed E-state index contributed by atoms with van der Waals surface area (Å²) in [5.74, 6) is 0.639. The van der Waals surface area contributed by atoms with E-state index in [9.17, 15) is 4.79 Å². The number of nitrogens with zero attached hydrogens (tertiary/aromatic N) is 1. The van der Waals surface area contributed by atoms with E-state index in [4.69, 9.17) is 0 Å². The van der Waals surface area contributed by atoms with Crippen LogP contribution >= 0.6 is 11.3 Å². The Hall–Kier alpha value is -1.65. The van der Waals surface area contributed by atoms with E-state index < -0.39 is 0 Å². The molecule has 0 saturated heterocycles. The summed E-state index contributed by atoms with van der Waals surface area (Å²) in [5, 5.41) is 5.34. The summed E-state index contributed by atoms with van der Waals surface area (Å²) in [6.07, 6.45) is 4.66. The van der Waals surface area contributed by atoms with Crippen molar-refractivity contribution in [2.45, 2.75) is 38.1 Å². The molecule has 0 bridgehead atoms. The molecule has 2 aromatic rings. The summed E-state index contributed by atoms with van der Waals surface area (Å²) < 4.78 is 0. The van der Waals surface area contributed by atoms with Crippen molar-refractivity contribution in [3.63, 3.8) is 0 Å². The highest BCUT2D eigenvalue weighted by Gasteiger charge is 2.22. The maximum absolute atomic E-state index is 12.4. The number of fused-ring (bicyclic) bond motifs is 2. The van der Waals surface area contributed by atoms with Gasteiger partial charge < -0.3 is 5.32 Å². The van der Waals surface area contributed by atoms with E-state index in [0.29, 0.717) is 12.5 Å². The lowest BCUT2D eigenvalue weighted by atomic mass is 9.83. The van der Waals surface area contributed by atoms with Gasteiger partial charge in [0, 0.05) is 30.4 Å². The molecule has 4 heteroatoms. The SMILES string of the molecule is O=C(CN1CCc2sccc2C1)NCC1CCCc2ccccc21. The number of nitrogens with one attached hydrogen (secondary N) is 1. The van der Waals surface area contributed by atoms with Gasteiger partial charge in [0.15, 0.2) is 0 Å². The number of benzene rings is 1. The number of amides is 1. The van der Waals surface area contributed by atoms with E-state index in [1.54, 1.807) is 0 Å². The second-order valence-corrected chi connectivity index (χ2v) is 7.92. The van der Waals surface area contributed by atoms with Crippen LogP contribution in [0.25, 0.3) is 0 Å². The second-order valence-electron chi connectivity index (χ2n) is 6.92. The fourth-order valence-electron chi connectivity index (χ4n) is 4.00. The number of rotatable bonds is 4. The first kappa shape index (κ1) is 15.9. The molecule has 1 aromatic heterocycles. The van der Waals surface area contributed by atoms with Crippen molar-refractivity contribution in [2.75, 3.05) is 19.6 Å². The van der Waals surface area contributed by atoms with E-state index in [-0.39, 0.29) is 5.91 Å². The molecule has 1 aromatic carbocycles. The minimum absolute atomic E-state index is 0.164. The van der Waals surface area contributed by atoms with Crippen LogP contribution in [-0.2, 0) is 24.2 Å². The van der Waals surface area contributed by atoms with Crippen LogP contribution in [0.15, 0.2) is 35.7 Å². The first-order valence-corrected chi connectivity index (χ1v) is 9.79. The van der Waals surface area contributed by atoms with Crippen LogP contribution in [0.3, 0.4) is 0 Å². The standard InChI is InChI=1S/C20H24N2OS/c23-20(14-22-10-8-19-17(13-22)9-11-24-19)21-12-16-6-3-5-15-4-1-2-7-18(15)16/h1-2,4,7,9,11,16H,3,5-6,8,10,12-14H2,(H,21,23). The summed E-state index contributed by atoms with van der Waals surface area (Å²) in [4.78, 5) is 16.1. The average molecular weight is 340 g/mol. The van der Waals surface area contributed by atoms with Gasteiger partial charge in [-0.2, -0.15) is 0 Å². The molecule has 0 spiro atoms. The van der Waals surface area contributed by atoms with Gasteiger partial charge in [-0.3, -0.25) is 9.69 Å². The maximum Gasteiger partial charge on any atom is 0.234 e. The number of carbonyl (C=O) groups is 1. The van der Waals surface area contributed by atoms with Crippen LogP contribution in [0.4, 0.5) is 0 Å². The summed E-state index contributed by atoms with van der Waals surface area (Å²) in [6.45, 7) is 3.20. The Morgan fingerprint density at radius 3 is 3.08 bits per heavy atom. The van der Waals surface area contributed by atoms with Crippen molar-refractivity contribution in [3.05, 3.63) is 57.3 Å². The molecule has 2 heterocycles. The fraction of sp³-hybridized carbons (Fsp3) is 0.450. The van der Waals surface area contributed by atoms with Crippen molar-refractivity contribution in [3.8, 4) is 0 Å². The largest absolute Gasteiger partial charge is 0.354 e. The van der Waals surface area contributed by atoms with Gasteiger partial charge in [-0.05, 0) is 53.8 Å². The van der Waals surface area contributed by atoms with E-state index in [1.165, 1.54) is 40.8 Å². The van der Waals surface area contributed by atoms with Crippen LogP contribution in [0.5, 0.6) is 0 Å². The third-order valence-corrected chi connectivity index (χ3v) is 6.32. The Morgan fingerprint density at radius 1 is 1.21 bits per heavy atom. The number of aryl methyl sites for hydroxylation is 1. The Labute approximate surface area is 147 Å². The molecule has 1 unspecified atom stereocenters. The zero-order chi connectivity index (χ0) is 16.4. The molecule has 0 fully saturated rings. The molecule has 0 saturated carbocycles. The van der Waals surface area contributed by atoms with Crippen molar-refractivity contribution < 1.29 is 4.79 Å². The highest BCUT2D eigenvalue weighted by Crippen LogP contribution is 2.30. The van der Waals surface area contributed by atoms with Crippen LogP contribution < -0.4 is 5.32 Å². The molecule has 2 aliphatic rings. The van der Waals surface area contributed by atoms with Crippen LogP contribution in [0.1, 0.15) is 40.3 Å². The van der Waals surface area contributed by atoms with Gasteiger partial charge in [-0.25, -0.2) is 0 Å². The highest BCUT2D eigenvalue weighted by molar-refractivity contribution is 7.10. The molecule has 1 aliphatic heterocycles. The lowest BCUT2D eigenvalue weighted by Crippen LogP contribution is -2.41. The van der Waals surface area contributed by atoms with Crippen molar-refractivity contribution >= 4 is 17.2 Å². The van der Waals surface area contributed by atoms with Crippen LogP contribution in [-0.4, -0.2) is 30.4 Å². The molecule has 126 valence electrons. The van der Waals surface area contributed by atoms with Gasteiger partial charge in [0.05, 0.1) is 6.54 Å². The third kappa shape index (κ3) is 3.40. The van der Waals surface area contributed by atoms with E-state index >= 15 is 0 Å². The molecule has 1 N–H and O–H groups in total. The molecule has 0 radical (unpaired) electrons. The van der Waals surface area contributed by atoms with Gasteiger partial charge in [0.1, 0.15) is 0 Å². The highest BCUT2D eigenvalue weighted by atomic mass is 32.1. The smallest absolute Gasteiger partial charge is 0.234 e. The Bertz CT molecular complexity index is 724. The molecule has 3 nitrogen and oxygen atoms in total. The minimum Gasteiger partial charge on any atom is -0.354 e. The first-order valence-electron chi connectivity index (χ1n) is 8.91. The summed E-state index contributed by atoms with van der Waals surface area (Å²) in [5.41, 5.74) is 4.30. The predicted molar refractivity (Wildman–Crippen MR) is 98.4 cm³/mol. The van der Waals surface area contributed by atoms with E-state index in [2.05, 4.69) is 45.9 Å². The lowest BCUT2D eigenvalue weighted by Gasteiger charge is -2.28. The number of thiophene rings is 1. The second kappa shape index (κ2) is 7.08. The average Bonchev–Trinajstić information content (AvgIpc) is 3.07. The monoisotopic (exact) mass is 340 g/mol. The lowest BCUT2D eigenvalue weighted by molar-refractivity contribution is -0.122.